The molecule has 2 aromatic rings. The fourth-order valence-corrected chi connectivity index (χ4v) is 1.83. The SMILES string of the molecule is NNC(=O)Cc1ccc2cc(Br)ccc2n1. The number of hydrogen-bond donors (Lipinski definition) is 2. The van der Waals surface area contributed by atoms with Crippen LogP contribution < -0.4 is 11.3 Å². The van der Waals surface area contributed by atoms with Crippen molar-refractivity contribution in [2.45, 2.75) is 6.42 Å². The number of fused-ring (bicyclic) bond motifs is 1. The zero-order chi connectivity index (χ0) is 11.5. The fourth-order valence-electron chi connectivity index (χ4n) is 1.45. The van der Waals surface area contributed by atoms with Gasteiger partial charge in [-0.05, 0) is 24.3 Å². The van der Waals surface area contributed by atoms with Gasteiger partial charge in [0.2, 0.25) is 5.91 Å². The Labute approximate surface area is 101 Å². The van der Waals surface area contributed by atoms with E-state index in [4.69, 9.17) is 5.84 Å². The Morgan fingerprint density at radius 1 is 1.38 bits per heavy atom. The number of nitrogens with zero attached hydrogens (tertiary/aromatic N) is 1. The Morgan fingerprint density at radius 2 is 2.19 bits per heavy atom. The monoisotopic (exact) mass is 279 g/mol. The number of amides is 1. The Bertz CT molecular complexity index is 542. The maximum Gasteiger partial charge on any atom is 0.239 e. The Morgan fingerprint density at radius 3 is 2.94 bits per heavy atom. The molecule has 16 heavy (non-hydrogen) atoms. The van der Waals surface area contributed by atoms with Crippen molar-refractivity contribution < 1.29 is 4.79 Å². The molecule has 5 heteroatoms. The molecule has 82 valence electrons. The Kier molecular flexibility index (Phi) is 3.17. The van der Waals surface area contributed by atoms with E-state index in [0.29, 0.717) is 5.69 Å². The Balaban J connectivity index is 2.37. The van der Waals surface area contributed by atoms with Gasteiger partial charge in [-0.15, -0.1) is 0 Å². The molecule has 0 aliphatic heterocycles. The lowest BCUT2D eigenvalue weighted by atomic mass is 10.2. The topological polar surface area (TPSA) is 68.0 Å². The number of hydrogen-bond acceptors (Lipinski definition) is 3. The number of nitrogens with one attached hydrogen (secondary N) is 1. The molecular weight excluding hydrogens is 270 g/mol. The van der Waals surface area contributed by atoms with E-state index in [9.17, 15) is 4.79 Å². The highest BCUT2D eigenvalue weighted by molar-refractivity contribution is 9.10. The van der Waals surface area contributed by atoms with Crippen molar-refractivity contribution in [2.24, 2.45) is 5.84 Å². The predicted molar refractivity (Wildman–Crippen MR) is 65.5 cm³/mol. The lowest BCUT2D eigenvalue weighted by molar-refractivity contribution is -0.120. The van der Waals surface area contributed by atoms with Crippen LogP contribution >= 0.6 is 15.9 Å². The minimum absolute atomic E-state index is 0.197. The van der Waals surface area contributed by atoms with Crippen molar-refractivity contribution in [1.29, 1.82) is 0 Å². The minimum Gasteiger partial charge on any atom is -0.294 e. The second kappa shape index (κ2) is 4.59. The van der Waals surface area contributed by atoms with Crippen molar-refractivity contribution >= 4 is 32.7 Å². The van der Waals surface area contributed by atoms with Gasteiger partial charge in [-0.3, -0.25) is 15.2 Å². The molecule has 0 atom stereocenters. The first-order valence-corrected chi connectivity index (χ1v) is 5.53. The molecule has 1 aromatic carbocycles. The van der Waals surface area contributed by atoms with Crippen LogP contribution in [0.1, 0.15) is 5.69 Å². The van der Waals surface area contributed by atoms with Gasteiger partial charge in [0.05, 0.1) is 17.6 Å². The fraction of sp³-hybridized carbons (Fsp3) is 0.0909. The summed E-state index contributed by atoms with van der Waals surface area (Å²) < 4.78 is 1.01. The lowest BCUT2D eigenvalue weighted by Crippen LogP contribution is -2.31. The molecule has 0 aliphatic rings. The quantitative estimate of drug-likeness (QED) is 0.498. The first-order chi connectivity index (χ1) is 7.69. The molecule has 0 unspecified atom stereocenters. The van der Waals surface area contributed by atoms with Crippen LogP contribution in [-0.4, -0.2) is 10.9 Å². The number of hydrazine groups is 1. The number of nitrogens with two attached hydrogens (primary N) is 1. The number of carbonyl (C=O) groups excluding carboxylic acids is 1. The third-order valence-corrected chi connectivity index (χ3v) is 2.70. The van der Waals surface area contributed by atoms with Gasteiger partial charge in [0.15, 0.2) is 0 Å². The average Bonchev–Trinajstić information content (AvgIpc) is 2.29. The van der Waals surface area contributed by atoms with Gasteiger partial charge < -0.3 is 0 Å². The van der Waals surface area contributed by atoms with Crippen LogP contribution in [-0.2, 0) is 11.2 Å². The molecule has 0 radical (unpaired) electrons. The number of pyridine rings is 1. The van der Waals surface area contributed by atoms with E-state index in [1.54, 1.807) is 0 Å². The van der Waals surface area contributed by atoms with Crippen LogP contribution in [0, 0.1) is 0 Å². The zero-order valence-electron chi connectivity index (χ0n) is 8.40. The second-order valence-corrected chi connectivity index (χ2v) is 4.30. The molecule has 3 N–H and O–H groups in total. The van der Waals surface area contributed by atoms with E-state index in [-0.39, 0.29) is 12.3 Å². The summed E-state index contributed by atoms with van der Waals surface area (Å²) in [4.78, 5) is 15.5. The Hall–Kier alpha value is -1.46. The van der Waals surface area contributed by atoms with E-state index in [1.807, 2.05) is 30.3 Å². The molecule has 0 bridgehead atoms. The van der Waals surface area contributed by atoms with Crippen molar-refractivity contribution in [3.8, 4) is 0 Å². The largest absolute Gasteiger partial charge is 0.294 e. The molecule has 1 heterocycles. The lowest BCUT2D eigenvalue weighted by Gasteiger charge is -2.02. The summed E-state index contributed by atoms with van der Waals surface area (Å²) in [5.74, 6) is 4.77. The van der Waals surface area contributed by atoms with Crippen molar-refractivity contribution in [2.75, 3.05) is 0 Å². The van der Waals surface area contributed by atoms with Gasteiger partial charge in [-0.25, -0.2) is 5.84 Å². The van der Waals surface area contributed by atoms with E-state index in [0.717, 1.165) is 15.4 Å². The van der Waals surface area contributed by atoms with Crippen LogP contribution in [0.3, 0.4) is 0 Å². The van der Waals surface area contributed by atoms with Crippen molar-refractivity contribution in [1.82, 2.24) is 10.4 Å². The highest BCUT2D eigenvalue weighted by Crippen LogP contribution is 2.18. The summed E-state index contributed by atoms with van der Waals surface area (Å²) in [6.07, 6.45) is 0.197. The molecule has 0 saturated carbocycles. The number of aromatic nitrogens is 1. The summed E-state index contributed by atoms with van der Waals surface area (Å²) in [5.41, 5.74) is 3.66. The zero-order valence-corrected chi connectivity index (χ0v) is 9.99. The number of carbonyl (C=O) groups is 1. The highest BCUT2D eigenvalue weighted by Gasteiger charge is 2.03. The predicted octanol–water partition coefficient (Wildman–Crippen LogP) is 1.53. The van der Waals surface area contributed by atoms with Gasteiger partial charge in [0.1, 0.15) is 0 Å². The van der Waals surface area contributed by atoms with Gasteiger partial charge in [-0.2, -0.15) is 0 Å². The standard InChI is InChI=1S/C11H10BrN3O/c12-8-2-4-10-7(5-8)1-3-9(14-10)6-11(16)15-13/h1-5H,6,13H2,(H,15,16). The van der Waals surface area contributed by atoms with Crippen LogP contribution in [0.4, 0.5) is 0 Å². The molecule has 0 aliphatic carbocycles. The maximum absolute atomic E-state index is 11.1. The molecule has 0 spiro atoms. The van der Waals surface area contributed by atoms with Crippen molar-refractivity contribution in [3.63, 3.8) is 0 Å². The van der Waals surface area contributed by atoms with Crippen LogP contribution in [0.2, 0.25) is 0 Å². The van der Waals surface area contributed by atoms with E-state index < -0.39 is 0 Å². The molecule has 2 rings (SSSR count). The smallest absolute Gasteiger partial charge is 0.239 e. The summed E-state index contributed by atoms with van der Waals surface area (Å²) in [7, 11) is 0. The number of benzene rings is 1. The van der Waals surface area contributed by atoms with Crippen molar-refractivity contribution in [3.05, 3.63) is 40.5 Å². The molecule has 1 amide bonds. The first-order valence-electron chi connectivity index (χ1n) is 4.73. The van der Waals surface area contributed by atoms with Gasteiger partial charge in [-0.1, -0.05) is 22.0 Å². The maximum atomic E-state index is 11.1. The van der Waals surface area contributed by atoms with Gasteiger partial charge in [0, 0.05) is 9.86 Å². The molecule has 0 saturated heterocycles. The summed E-state index contributed by atoms with van der Waals surface area (Å²) in [5, 5.41) is 1.03. The van der Waals surface area contributed by atoms with E-state index in [2.05, 4.69) is 26.3 Å². The van der Waals surface area contributed by atoms with Crippen LogP contribution in [0.15, 0.2) is 34.8 Å². The van der Waals surface area contributed by atoms with Crippen LogP contribution in [0.25, 0.3) is 10.9 Å². The van der Waals surface area contributed by atoms with E-state index in [1.165, 1.54) is 0 Å². The average molecular weight is 280 g/mol. The van der Waals surface area contributed by atoms with E-state index >= 15 is 0 Å². The number of rotatable bonds is 2. The second-order valence-electron chi connectivity index (χ2n) is 3.38. The van der Waals surface area contributed by atoms with Crippen LogP contribution in [0.5, 0.6) is 0 Å². The molecular formula is C11H10BrN3O. The minimum atomic E-state index is -0.246. The first kappa shape index (κ1) is 11.0. The number of halogens is 1. The molecule has 1 aromatic heterocycles. The molecule has 0 fully saturated rings. The summed E-state index contributed by atoms with van der Waals surface area (Å²) >= 11 is 3.39. The highest BCUT2D eigenvalue weighted by atomic mass is 79.9. The summed E-state index contributed by atoms with van der Waals surface area (Å²) in [6.45, 7) is 0. The third-order valence-electron chi connectivity index (χ3n) is 2.21. The van der Waals surface area contributed by atoms with Gasteiger partial charge in [0.25, 0.3) is 0 Å². The summed E-state index contributed by atoms with van der Waals surface area (Å²) in [6, 6.07) is 9.57. The normalized spacial score (nSPS) is 10.4. The molecule has 4 nitrogen and oxygen atoms in total. The van der Waals surface area contributed by atoms with Gasteiger partial charge >= 0.3 is 0 Å². The third kappa shape index (κ3) is 2.37.